The lowest BCUT2D eigenvalue weighted by Gasteiger charge is -2.06. The maximum absolute atomic E-state index is 12.3. The number of hydrogen-bond donors (Lipinski definition) is 1. The van der Waals surface area contributed by atoms with E-state index in [1.807, 2.05) is 0 Å². The summed E-state index contributed by atoms with van der Waals surface area (Å²) in [4.78, 5) is 12.5. The molecule has 1 aromatic rings. The number of carbonyl (C=O) groups excluding carboxylic acids is 1. The van der Waals surface area contributed by atoms with Gasteiger partial charge in [-0.15, -0.1) is 5.10 Å². The third kappa shape index (κ3) is 6.24. The van der Waals surface area contributed by atoms with E-state index < -0.39 is 5.76 Å². The van der Waals surface area contributed by atoms with Crippen molar-refractivity contribution in [2.75, 3.05) is 0 Å². The molecule has 1 amide bonds. The van der Waals surface area contributed by atoms with Gasteiger partial charge in [-0.3, -0.25) is 4.79 Å². The SMILES string of the molecule is CCCC/C=N\N=C1/NC(=O)[C@H](Cc2ccc(SC(F)F)cc2)S1. The highest BCUT2D eigenvalue weighted by Crippen LogP contribution is 2.27. The van der Waals surface area contributed by atoms with Crippen LogP contribution < -0.4 is 5.32 Å². The molecule has 2 rings (SSSR count). The molecule has 0 radical (unpaired) electrons. The fourth-order valence-electron chi connectivity index (χ4n) is 2.05. The summed E-state index contributed by atoms with van der Waals surface area (Å²) in [5, 5.41) is 10.9. The molecular formula is C16H19F2N3OS2. The van der Waals surface area contributed by atoms with Crippen LogP contribution in [0.4, 0.5) is 8.78 Å². The first-order chi connectivity index (χ1) is 11.6. The lowest BCUT2D eigenvalue weighted by molar-refractivity contribution is -0.118. The van der Waals surface area contributed by atoms with Gasteiger partial charge in [0.2, 0.25) is 5.91 Å². The molecule has 1 heterocycles. The summed E-state index contributed by atoms with van der Waals surface area (Å²) in [5.74, 6) is -2.53. The standard InChI is InChI=1S/C16H19F2N3OS2/c1-2-3-4-9-19-21-16-20-14(22)13(24-16)10-11-5-7-12(8-6-11)23-15(17)18/h5-9,13,15H,2-4,10H2,1H3,(H,20,21,22)/b19-9-/t13-/m0/s1. The minimum Gasteiger partial charge on any atom is -0.303 e. The van der Waals surface area contributed by atoms with E-state index in [9.17, 15) is 13.6 Å². The van der Waals surface area contributed by atoms with Gasteiger partial charge in [-0.25, -0.2) is 0 Å². The van der Waals surface area contributed by atoms with Gasteiger partial charge in [0.1, 0.15) is 0 Å². The smallest absolute Gasteiger partial charge is 0.288 e. The van der Waals surface area contributed by atoms with Gasteiger partial charge < -0.3 is 5.32 Å². The molecule has 130 valence electrons. The first kappa shape index (κ1) is 18.9. The Bertz CT molecular complexity index is 606. The van der Waals surface area contributed by atoms with E-state index in [4.69, 9.17) is 0 Å². The molecule has 1 fully saturated rings. The van der Waals surface area contributed by atoms with Crippen LogP contribution in [0.15, 0.2) is 39.4 Å². The summed E-state index contributed by atoms with van der Waals surface area (Å²) in [6, 6.07) is 6.85. The largest absolute Gasteiger partial charge is 0.303 e. The van der Waals surface area contributed by atoms with E-state index >= 15 is 0 Å². The number of hydrogen-bond acceptors (Lipinski definition) is 5. The molecule has 24 heavy (non-hydrogen) atoms. The predicted molar refractivity (Wildman–Crippen MR) is 97.0 cm³/mol. The molecule has 1 atom stereocenters. The number of unbranched alkanes of at least 4 members (excludes halogenated alkanes) is 2. The van der Waals surface area contributed by atoms with Crippen molar-refractivity contribution >= 4 is 40.8 Å². The van der Waals surface area contributed by atoms with Crippen LogP contribution in [0.2, 0.25) is 0 Å². The van der Waals surface area contributed by atoms with Crippen molar-refractivity contribution in [3.8, 4) is 0 Å². The monoisotopic (exact) mass is 371 g/mol. The second kappa shape index (κ2) is 9.78. The number of rotatable bonds is 8. The van der Waals surface area contributed by atoms with Gasteiger partial charge >= 0.3 is 0 Å². The van der Waals surface area contributed by atoms with Crippen molar-refractivity contribution in [2.24, 2.45) is 10.2 Å². The van der Waals surface area contributed by atoms with Crippen LogP contribution in [0.3, 0.4) is 0 Å². The number of amidine groups is 1. The molecule has 1 saturated heterocycles. The van der Waals surface area contributed by atoms with Crippen LogP contribution in [-0.4, -0.2) is 28.3 Å². The highest BCUT2D eigenvalue weighted by Gasteiger charge is 2.30. The highest BCUT2D eigenvalue weighted by atomic mass is 32.2. The average Bonchev–Trinajstić information content (AvgIpc) is 2.88. The fourth-order valence-corrected chi connectivity index (χ4v) is 3.52. The summed E-state index contributed by atoms with van der Waals surface area (Å²) < 4.78 is 24.6. The third-order valence-corrected chi connectivity index (χ3v) is 5.06. The molecule has 0 aliphatic carbocycles. The van der Waals surface area contributed by atoms with Crippen molar-refractivity contribution in [1.29, 1.82) is 0 Å². The Morgan fingerprint density at radius 1 is 1.38 bits per heavy atom. The fraction of sp³-hybridized carbons (Fsp3) is 0.438. The number of amides is 1. The molecule has 1 aliphatic rings. The van der Waals surface area contributed by atoms with Gasteiger partial charge in [-0.2, -0.15) is 13.9 Å². The number of benzene rings is 1. The summed E-state index contributed by atoms with van der Waals surface area (Å²) in [6.45, 7) is 2.11. The van der Waals surface area contributed by atoms with Crippen molar-refractivity contribution in [3.63, 3.8) is 0 Å². The van der Waals surface area contributed by atoms with Gasteiger partial charge in [0.15, 0.2) is 5.17 Å². The van der Waals surface area contributed by atoms with Crippen molar-refractivity contribution in [3.05, 3.63) is 29.8 Å². The minimum atomic E-state index is -2.43. The molecule has 0 saturated carbocycles. The Morgan fingerprint density at radius 3 is 2.79 bits per heavy atom. The molecule has 0 spiro atoms. The van der Waals surface area contributed by atoms with Gasteiger partial charge in [0.25, 0.3) is 5.76 Å². The molecule has 0 unspecified atom stereocenters. The lowest BCUT2D eigenvalue weighted by Crippen LogP contribution is -2.25. The van der Waals surface area contributed by atoms with Gasteiger partial charge in [-0.05, 0) is 37.0 Å². The highest BCUT2D eigenvalue weighted by molar-refractivity contribution is 8.15. The molecule has 1 aromatic carbocycles. The second-order valence-electron chi connectivity index (χ2n) is 5.17. The van der Waals surface area contributed by atoms with Crippen molar-refractivity contribution < 1.29 is 13.6 Å². The predicted octanol–water partition coefficient (Wildman–Crippen LogP) is 4.31. The Kier molecular flexibility index (Phi) is 7.71. The topological polar surface area (TPSA) is 53.8 Å². The number of nitrogens with one attached hydrogen (secondary N) is 1. The maximum atomic E-state index is 12.3. The van der Waals surface area contributed by atoms with Crippen LogP contribution >= 0.6 is 23.5 Å². The van der Waals surface area contributed by atoms with Crippen LogP contribution in [0.1, 0.15) is 31.7 Å². The molecule has 0 bridgehead atoms. The van der Waals surface area contributed by atoms with E-state index in [0.717, 1.165) is 24.8 Å². The van der Waals surface area contributed by atoms with Crippen molar-refractivity contribution in [1.82, 2.24) is 5.32 Å². The first-order valence-corrected chi connectivity index (χ1v) is 9.45. The molecule has 1 aliphatic heterocycles. The zero-order valence-corrected chi connectivity index (χ0v) is 14.9. The van der Waals surface area contributed by atoms with E-state index in [1.165, 1.54) is 11.8 Å². The quantitative estimate of drug-likeness (QED) is 0.321. The zero-order chi connectivity index (χ0) is 17.4. The molecular weight excluding hydrogens is 352 g/mol. The number of nitrogens with zero attached hydrogens (tertiary/aromatic N) is 2. The maximum Gasteiger partial charge on any atom is 0.288 e. The van der Waals surface area contributed by atoms with Crippen LogP contribution in [0.25, 0.3) is 0 Å². The zero-order valence-electron chi connectivity index (χ0n) is 13.2. The van der Waals surface area contributed by atoms with E-state index in [0.29, 0.717) is 28.2 Å². The molecule has 1 N–H and O–H groups in total. The van der Waals surface area contributed by atoms with Crippen molar-refractivity contribution in [2.45, 2.75) is 48.5 Å². The molecule has 8 heteroatoms. The minimum absolute atomic E-state index is 0.103. The van der Waals surface area contributed by atoms with Gasteiger partial charge in [-0.1, -0.05) is 49.0 Å². The number of carbonyl (C=O) groups is 1. The first-order valence-electron chi connectivity index (χ1n) is 7.69. The summed E-state index contributed by atoms with van der Waals surface area (Å²) >= 11 is 1.86. The van der Waals surface area contributed by atoms with Gasteiger partial charge in [0, 0.05) is 11.1 Å². The Hall–Kier alpha value is -1.41. The average molecular weight is 371 g/mol. The van der Waals surface area contributed by atoms with Gasteiger partial charge in [0.05, 0.1) is 5.25 Å². The van der Waals surface area contributed by atoms with Crippen LogP contribution in [0, 0.1) is 0 Å². The number of alkyl halides is 2. The lowest BCUT2D eigenvalue weighted by atomic mass is 10.1. The Balaban J connectivity index is 1.87. The Labute approximate surface area is 148 Å². The number of halogens is 2. The Morgan fingerprint density at radius 2 is 2.12 bits per heavy atom. The van der Waals surface area contributed by atoms with E-state index in [-0.39, 0.29) is 11.2 Å². The third-order valence-electron chi connectivity index (χ3n) is 3.26. The van der Waals surface area contributed by atoms with Crippen LogP contribution in [0.5, 0.6) is 0 Å². The molecule has 0 aromatic heterocycles. The van der Waals surface area contributed by atoms with Crippen LogP contribution in [-0.2, 0) is 11.2 Å². The molecule has 4 nitrogen and oxygen atoms in total. The summed E-state index contributed by atoms with van der Waals surface area (Å²) in [6.07, 6.45) is 5.31. The summed E-state index contributed by atoms with van der Waals surface area (Å²) in [7, 11) is 0. The normalized spacial score (nSPS) is 19.6. The van der Waals surface area contributed by atoms with E-state index in [1.54, 1.807) is 30.5 Å². The number of thioether (sulfide) groups is 2. The second-order valence-corrected chi connectivity index (χ2v) is 7.42. The van der Waals surface area contributed by atoms with E-state index in [2.05, 4.69) is 22.4 Å². The summed E-state index contributed by atoms with van der Waals surface area (Å²) in [5.41, 5.74) is 0.925.